The summed E-state index contributed by atoms with van der Waals surface area (Å²) < 4.78 is 53.8. The molecule has 7 heteroatoms. The Hall–Kier alpha value is -1.79. The summed E-state index contributed by atoms with van der Waals surface area (Å²) in [4.78, 5) is 10.1. The third-order valence-corrected chi connectivity index (χ3v) is 1.61. The fourth-order valence-electron chi connectivity index (χ4n) is 0.961. The van der Waals surface area contributed by atoms with Crippen molar-refractivity contribution in [1.82, 2.24) is 0 Å². The molecule has 16 heavy (non-hydrogen) atoms. The Kier molecular flexibility index (Phi) is 3.36. The lowest BCUT2D eigenvalue weighted by Crippen LogP contribution is -2.11. The molecule has 0 saturated heterocycles. The van der Waals surface area contributed by atoms with Crippen LogP contribution in [-0.4, -0.2) is 17.7 Å². The van der Waals surface area contributed by atoms with Crippen LogP contribution in [0.25, 0.3) is 0 Å². The van der Waals surface area contributed by atoms with Crippen LogP contribution in [0.15, 0.2) is 18.2 Å². The van der Waals surface area contributed by atoms with Crippen LogP contribution in [0.2, 0.25) is 0 Å². The monoisotopic (exact) mass is 238 g/mol. The van der Waals surface area contributed by atoms with E-state index in [2.05, 4.69) is 4.74 Å². The molecule has 0 spiro atoms. The number of alkyl halides is 3. The Bertz CT molecular complexity index is 400. The highest BCUT2D eigenvalue weighted by molar-refractivity contribution is 5.68. The van der Waals surface area contributed by atoms with Gasteiger partial charge in [-0.15, -0.1) is 0 Å². The van der Waals surface area contributed by atoms with Crippen LogP contribution in [0, 0.1) is 5.82 Å². The van der Waals surface area contributed by atoms with Crippen molar-refractivity contribution in [3.05, 3.63) is 29.6 Å². The van der Waals surface area contributed by atoms with E-state index in [0.717, 1.165) is 6.07 Å². The standard InChI is InChI=1S/C9H6F4O3/c10-7-3-5(16-4-8(14)15)1-2-6(7)9(11,12)13/h1-3H,4H2,(H,14,15). The van der Waals surface area contributed by atoms with Gasteiger partial charge in [-0.2, -0.15) is 13.2 Å². The number of carboxylic acid groups (broad SMARTS) is 1. The molecule has 3 nitrogen and oxygen atoms in total. The summed E-state index contributed by atoms with van der Waals surface area (Å²) >= 11 is 0. The molecule has 0 aliphatic heterocycles. The summed E-state index contributed by atoms with van der Waals surface area (Å²) in [5.74, 6) is -3.08. The molecule has 0 unspecified atom stereocenters. The van der Waals surface area contributed by atoms with Gasteiger partial charge >= 0.3 is 12.1 Å². The van der Waals surface area contributed by atoms with E-state index >= 15 is 0 Å². The van der Waals surface area contributed by atoms with Gasteiger partial charge in [0.15, 0.2) is 6.61 Å². The quantitative estimate of drug-likeness (QED) is 0.822. The summed E-state index contributed by atoms with van der Waals surface area (Å²) in [5.41, 5.74) is -1.42. The topological polar surface area (TPSA) is 46.5 Å². The van der Waals surface area contributed by atoms with Crippen molar-refractivity contribution in [2.75, 3.05) is 6.61 Å². The van der Waals surface area contributed by atoms with Gasteiger partial charge in [0.1, 0.15) is 11.6 Å². The van der Waals surface area contributed by atoms with Crippen LogP contribution in [0.1, 0.15) is 5.56 Å². The second-order valence-corrected chi connectivity index (χ2v) is 2.82. The molecular weight excluding hydrogens is 232 g/mol. The van der Waals surface area contributed by atoms with Crippen LogP contribution < -0.4 is 4.74 Å². The van der Waals surface area contributed by atoms with E-state index in [1.165, 1.54) is 0 Å². The zero-order valence-electron chi connectivity index (χ0n) is 7.71. The Morgan fingerprint density at radius 2 is 2.00 bits per heavy atom. The van der Waals surface area contributed by atoms with Crippen molar-refractivity contribution in [3.63, 3.8) is 0 Å². The summed E-state index contributed by atoms with van der Waals surface area (Å²) in [6.07, 6.45) is -4.78. The summed E-state index contributed by atoms with van der Waals surface area (Å²) in [5, 5.41) is 8.23. The minimum absolute atomic E-state index is 0.270. The first-order valence-electron chi connectivity index (χ1n) is 4.02. The van der Waals surface area contributed by atoms with E-state index in [1.807, 2.05) is 0 Å². The Morgan fingerprint density at radius 3 is 2.44 bits per heavy atom. The molecule has 88 valence electrons. The van der Waals surface area contributed by atoms with Gasteiger partial charge in [-0.05, 0) is 12.1 Å². The Balaban J connectivity index is 2.87. The van der Waals surface area contributed by atoms with Gasteiger partial charge in [0, 0.05) is 6.07 Å². The average molecular weight is 238 g/mol. The molecule has 0 aliphatic carbocycles. The zero-order chi connectivity index (χ0) is 12.3. The number of carbonyl (C=O) groups is 1. The average Bonchev–Trinajstić information content (AvgIpc) is 2.12. The normalized spacial score (nSPS) is 11.2. The minimum Gasteiger partial charge on any atom is -0.482 e. The van der Waals surface area contributed by atoms with Gasteiger partial charge in [-0.1, -0.05) is 0 Å². The molecule has 0 saturated carbocycles. The number of carboxylic acids is 1. The van der Waals surface area contributed by atoms with Crippen molar-refractivity contribution in [1.29, 1.82) is 0 Å². The van der Waals surface area contributed by atoms with Crippen LogP contribution >= 0.6 is 0 Å². The predicted molar refractivity (Wildman–Crippen MR) is 44.5 cm³/mol. The molecule has 0 aliphatic rings. The minimum atomic E-state index is -4.78. The first-order valence-corrected chi connectivity index (χ1v) is 4.02. The lowest BCUT2D eigenvalue weighted by atomic mass is 10.2. The number of ether oxygens (including phenoxy) is 1. The maximum absolute atomic E-state index is 12.9. The summed E-state index contributed by atoms with van der Waals surface area (Å²) in [6.45, 7) is -0.745. The molecule has 1 aromatic carbocycles. The van der Waals surface area contributed by atoms with E-state index in [4.69, 9.17) is 5.11 Å². The number of rotatable bonds is 3. The zero-order valence-corrected chi connectivity index (χ0v) is 7.71. The molecule has 0 amide bonds. The molecule has 0 aromatic heterocycles. The van der Waals surface area contributed by atoms with Crippen molar-refractivity contribution < 1.29 is 32.2 Å². The molecule has 1 aromatic rings. The molecule has 1 N–H and O–H groups in total. The van der Waals surface area contributed by atoms with Gasteiger partial charge < -0.3 is 9.84 Å². The van der Waals surface area contributed by atoms with Crippen molar-refractivity contribution in [2.45, 2.75) is 6.18 Å². The van der Waals surface area contributed by atoms with Crippen LogP contribution in [0.4, 0.5) is 17.6 Å². The molecule has 1 rings (SSSR count). The number of hydrogen-bond acceptors (Lipinski definition) is 2. The maximum Gasteiger partial charge on any atom is 0.419 e. The van der Waals surface area contributed by atoms with Gasteiger partial charge in [0.25, 0.3) is 0 Å². The van der Waals surface area contributed by atoms with Crippen molar-refractivity contribution in [3.8, 4) is 5.75 Å². The third kappa shape index (κ3) is 3.11. The number of aliphatic carboxylic acids is 1. The second-order valence-electron chi connectivity index (χ2n) is 2.82. The van der Waals surface area contributed by atoms with E-state index < -0.39 is 30.1 Å². The SMILES string of the molecule is O=C(O)COc1ccc(C(F)(F)F)c(F)c1. The van der Waals surface area contributed by atoms with Gasteiger partial charge in [-0.3, -0.25) is 0 Å². The summed E-state index contributed by atoms with van der Waals surface area (Å²) in [6, 6.07) is 1.84. The highest BCUT2D eigenvalue weighted by Crippen LogP contribution is 2.32. The maximum atomic E-state index is 12.9. The van der Waals surface area contributed by atoms with E-state index in [1.54, 1.807) is 0 Å². The van der Waals surface area contributed by atoms with Gasteiger partial charge in [0.05, 0.1) is 5.56 Å². The highest BCUT2D eigenvalue weighted by Gasteiger charge is 2.34. The fourth-order valence-corrected chi connectivity index (χ4v) is 0.961. The lowest BCUT2D eigenvalue weighted by molar-refractivity contribution is -0.141. The van der Waals surface area contributed by atoms with E-state index in [-0.39, 0.29) is 5.75 Å². The molecule has 0 fully saturated rings. The molecule has 0 radical (unpaired) electrons. The Morgan fingerprint density at radius 1 is 1.38 bits per heavy atom. The van der Waals surface area contributed by atoms with E-state index in [0.29, 0.717) is 12.1 Å². The third-order valence-electron chi connectivity index (χ3n) is 1.61. The van der Waals surface area contributed by atoms with Gasteiger partial charge in [-0.25, -0.2) is 9.18 Å². The molecule has 0 bridgehead atoms. The molecular formula is C9H6F4O3. The predicted octanol–water partition coefficient (Wildman–Crippen LogP) is 2.31. The second kappa shape index (κ2) is 4.38. The van der Waals surface area contributed by atoms with Crippen molar-refractivity contribution in [2.24, 2.45) is 0 Å². The molecule has 0 heterocycles. The first kappa shape index (κ1) is 12.3. The van der Waals surface area contributed by atoms with Crippen LogP contribution in [0.3, 0.4) is 0 Å². The number of halogens is 4. The number of benzene rings is 1. The summed E-state index contributed by atoms with van der Waals surface area (Å²) in [7, 11) is 0. The van der Waals surface area contributed by atoms with Gasteiger partial charge in [0.2, 0.25) is 0 Å². The highest BCUT2D eigenvalue weighted by atomic mass is 19.4. The van der Waals surface area contributed by atoms with E-state index in [9.17, 15) is 22.4 Å². The Labute approximate surface area is 87.3 Å². The largest absolute Gasteiger partial charge is 0.482 e. The molecule has 0 atom stereocenters. The van der Waals surface area contributed by atoms with Crippen LogP contribution in [-0.2, 0) is 11.0 Å². The number of hydrogen-bond donors (Lipinski definition) is 1. The first-order chi connectivity index (χ1) is 7.30. The van der Waals surface area contributed by atoms with Crippen molar-refractivity contribution >= 4 is 5.97 Å². The fraction of sp³-hybridized carbons (Fsp3) is 0.222. The van der Waals surface area contributed by atoms with Crippen LogP contribution in [0.5, 0.6) is 5.75 Å². The lowest BCUT2D eigenvalue weighted by Gasteiger charge is -2.09. The smallest absolute Gasteiger partial charge is 0.419 e.